The van der Waals surface area contributed by atoms with Crippen LogP contribution < -0.4 is 9.47 Å². The second-order valence-electron chi connectivity index (χ2n) is 33.2. The van der Waals surface area contributed by atoms with E-state index in [4.69, 9.17) is 38.8 Å². The fourth-order valence-electron chi connectivity index (χ4n) is 13.0. The number of benzene rings is 8. The molecule has 2 unspecified atom stereocenters. The van der Waals surface area contributed by atoms with Crippen molar-refractivity contribution >= 4 is 17.2 Å². The Balaban J connectivity index is 0.000000358. The van der Waals surface area contributed by atoms with Crippen LogP contribution in [0.4, 0.5) is 0 Å². The standard InChI is InChI=1S/C53H60O4.C33H52O4.2H3O3P/c1-49(2,38-21-13-9-14-22-38)42-29-31-44(45(33-42)51(5,6)40-25-17-11-18-26-40)48(53(35-54,36-55)37-56)57-47-32-30-43(50(3,4)39-23-15-10-16-24-39)34-46(47)52(7,8)41-27-19-12-20-28-41;1-29(2,3)22-13-15-24(25(17-22)31(7,8)9)28(33(19-34,20-35)21-36)37-27-16-14-23(30(4,5)6)18-26(27)32(10,11)12;2*1-4(2)3/h9-34,48,54-56H,35-37H2,1-8H3;13-18,28,34-36H,19-21H2,1-12H3;2*1-3H. The minimum absolute atomic E-state index is 0.0226. The van der Waals surface area contributed by atoms with Crippen molar-refractivity contribution in [2.24, 2.45) is 10.8 Å². The summed E-state index contributed by atoms with van der Waals surface area (Å²) in [7, 11) is -5.24. The Hall–Kier alpha value is -6.26. The number of rotatable bonds is 22. The normalized spacial score (nSPS) is 13.4. The van der Waals surface area contributed by atoms with Crippen LogP contribution in [0, 0.1) is 10.8 Å². The summed E-state index contributed by atoms with van der Waals surface area (Å²) in [6.45, 7) is 41.2. The average molecular weight is 1440 g/mol. The lowest BCUT2D eigenvalue weighted by atomic mass is 9.68. The molecular formula is C86H118O14P2. The Morgan fingerprint density at radius 1 is 0.255 bits per heavy atom. The molecule has 0 amide bonds. The predicted molar refractivity (Wildman–Crippen MR) is 416 cm³/mol. The van der Waals surface area contributed by atoms with E-state index in [2.05, 4.69) is 296 Å². The monoisotopic (exact) mass is 1440 g/mol. The molecule has 0 aliphatic rings. The van der Waals surface area contributed by atoms with Gasteiger partial charge >= 0.3 is 17.2 Å². The highest BCUT2D eigenvalue weighted by molar-refractivity contribution is 7.38. The highest BCUT2D eigenvalue weighted by atomic mass is 31.2. The summed E-state index contributed by atoms with van der Waals surface area (Å²) in [5.74, 6) is 1.32. The fraction of sp³-hybridized carbons (Fsp3) is 0.442. The van der Waals surface area contributed by atoms with Gasteiger partial charge in [0.1, 0.15) is 23.7 Å². The van der Waals surface area contributed by atoms with Gasteiger partial charge in [-0.25, -0.2) is 0 Å². The maximum atomic E-state index is 11.2. The van der Waals surface area contributed by atoms with E-state index in [1.807, 2.05) is 36.4 Å². The summed E-state index contributed by atoms with van der Waals surface area (Å²) in [5.41, 5.74) is 10.1. The number of aliphatic hydroxyl groups excluding tert-OH is 6. The molecule has 8 aromatic rings. The van der Waals surface area contributed by atoms with Crippen molar-refractivity contribution in [2.45, 2.75) is 194 Å². The molecule has 0 fully saturated rings. The summed E-state index contributed by atoms with van der Waals surface area (Å²) in [6, 6.07) is 67.5. The molecule has 0 aromatic heterocycles. The molecular weight excluding hydrogens is 1320 g/mol. The van der Waals surface area contributed by atoms with Crippen LogP contribution in [0.25, 0.3) is 0 Å². The first-order chi connectivity index (χ1) is 47.3. The van der Waals surface area contributed by atoms with E-state index in [9.17, 15) is 30.6 Å². The first-order valence-corrected chi connectivity index (χ1v) is 37.2. The van der Waals surface area contributed by atoms with Gasteiger partial charge in [-0.05, 0) is 106 Å². The molecule has 0 heterocycles. The average Bonchev–Trinajstić information content (AvgIpc) is 0.751. The summed E-state index contributed by atoms with van der Waals surface area (Å²) in [6.07, 6.45) is -1.71. The molecule has 14 nitrogen and oxygen atoms in total. The quantitative estimate of drug-likeness (QED) is 0.0282. The molecule has 0 radical (unpaired) electrons. The summed E-state index contributed by atoms with van der Waals surface area (Å²) >= 11 is 0. The summed E-state index contributed by atoms with van der Waals surface area (Å²) < 4.78 is 14.2. The first kappa shape index (κ1) is 86.4. The Kier molecular flexibility index (Phi) is 29.8. The zero-order valence-electron chi connectivity index (χ0n) is 64.0. The minimum atomic E-state index is -2.62. The zero-order valence-corrected chi connectivity index (χ0v) is 65.7. The van der Waals surface area contributed by atoms with Crippen LogP contribution in [-0.2, 0) is 43.3 Å². The van der Waals surface area contributed by atoms with E-state index in [1.54, 1.807) is 0 Å². The SMILES string of the molecule is CC(C)(C)c1ccc(OC(c2ccc(C(C)(C)C)cc2C(C)(C)C)C(CO)(CO)CO)c(C(C)(C)C)c1.CC(C)(c1ccccc1)c1ccc(OC(c2ccc(C(C)(C)c3ccccc3)cc2C(C)(C)c2ccccc2)C(CO)(CO)CO)c(C(C)(C)c2ccccc2)c1.OP(O)O.OP(O)O. The molecule has 0 saturated heterocycles. The highest BCUT2D eigenvalue weighted by Gasteiger charge is 2.47. The zero-order chi connectivity index (χ0) is 76.8. The summed E-state index contributed by atoms with van der Waals surface area (Å²) in [4.78, 5) is 43.4. The fourth-order valence-corrected chi connectivity index (χ4v) is 13.0. The van der Waals surface area contributed by atoms with Gasteiger partial charge < -0.3 is 69.5 Å². The Labute approximate surface area is 611 Å². The molecule has 8 rings (SSSR count). The van der Waals surface area contributed by atoms with Crippen molar-refractivity contribution in [2.75, 3.05) is 39.6 Å². The van der Waals surface area contributed by atoms with Crippen molar-refractivity contribution < 1.29 is 69.5 Å². The predicted octanol–water partition coefficient (Wildman–Crippen LogP) is 16.4. The van der Waals surface area contributed by atoms with E-state index < -0.39 is 90.7 Å². The third kappa shape index (κ3) is 21.0. The third-order valence-electron chi connectivity index (χ3n) is 20.2. The molecule has 2 atom stereocenters. The van der Waals surface area contributed by atoms with Crippen LogP contribution in [0.5, 0.6) is 11.5 Å². The number of aliphatic hydroxyl groups is 6. The Bertz CT molecular complexity index is 3850. The maximum Gasteiger partial charge on any atom is 0.324 e. The minimum Gasteiger partial charge on any atom is -0.485 e. The molecule has 0 spiro atoms. The lowest BCUT2D eigenvalue weighted by Crippen LogP contribution is -2.44. The molecule has 102 heavy (non-hydrogen) atoms. The van der Waals surface area contributed by atoms with Crippen LogP contribution in [0.2, 0.25) is 0 Å². The Morgan fingerprint density at radius 3 is 0.794 bits per heavy atom. The van der Waals surface area contributed by atoms with Crippen LogP contribution in [0.15, 0.2) is 194 Å². The molecule has 0 aliphatic carbocycles. The Morgan fingerprint density at radius 2 is 0.490 bits per heavy atom. The second kappa shape index (κ2) is 35.2. The van der Waals surface area contributed by atoms with Crippen molar-refractivity contribution in [1.29, 1.82) is 0 Å². The van der Waals surface area contributed by atoms with E-state index >= 15 is 0 Å². The van der Waals surface area contributed by atoms with Gasteiger partial charge in [0.05, 0.1) is 50.5 Å². The second-order valence-corrected chi connectivity index (χ2v) is 34.3. The first-order valence-electron chi connectivity index (χ1n) is 34.8. The molecule has 0 saturated carbocycles. The highest BCUT2D eigenvalue weighted by Crippen LogP contribution is 2.51. The van der Waals surface area contributed by atoms with Gasteiger partial charge in [0, 0.05) is 27.2 Å². The largest absolute Gasteiger partial charge is 0.485 e. The van der Waals surface area contributed by atoms with Gasteiger partial charge in [-0.15, -0.1) is 0 Å². The van der Waals surface area contributed by atoms with Gasteiger partial charge in [-0.2, -0.15) is 0 Å². The van der Waals surface area contributed by atoms with Crippen LogP contribution in [-0.4, -0.2) is 99.6 Å². The van der Waals surface area contributed by atoms with Crippen molar-refractivity contribution in [3.63, 3.8) is 0 Å². The van der Waals surface area contributed by atoms with Gasteiger partial charge in [-0.1, -0.05) is 320 Å². The molecule has 16 heteroatoms. The number of hydrogen-bond donors (Lipinski definition) is 12. The van der Waals surface area contributed by atoms with Crippen LogP contribution in [0.1, 0.15) is 229 Å². The van der Waals surface area contributed by atoms with Crippen LogP contribution in [0.3, 0.4) is 0 Å². The van der Waals surface area contributed by atoms with Crippen molar-refractivity contribution in [3.8, 4) is 11.5 Å². The van der Waals surface area contributed by atoms with Gasteiger partial charge in [0.15, 0.2) is 0 Å². The molecule has 0 bridgehead atoms. The topological polar surface area (TPSA) is 261 Å². The van der Waals surface area contributed by atoms with Crippen LogP contribution >= 0.6 is 17.2 Å². The van der Waals surface area contributed by atoms with Gasteiger partial charge in [0.25, 0.3) is 0 Å². The van der Waals surface area contributed by atoms with Gasteiger partial charge in [-0.3, -0.25) is 0 Å². The van der Waals surface area contributed by atoms with Crippen molar-refractivity contribution in [3.05, 3.63) is 272 Å². The van der Waals surface area contributed by atoms with E-state index in [1.165, 1.54) is 22.3 Å². The third-order valence-corrected chi connectivity index (χ3v) is 20.2. The van der Waals surface area contributed by atoms with E-state index in [-0.39, 0.29) is 32.5 Å². The van der Waals surface area contributed by atoms with Crippen molar-refractivity contribution in [1.82, 2.24) is 0 Å². The van der Waals surface area contributed by atoms with Gasteiger partial charge in [0.2, 0.25) is 0 Å². The lowest BCUT2D eigenvalue weighted by molar-refractivity contribution is -0.0755. The smallest absolute Gasteiger partial charge is 0.324 e. The van der Waals surface area contributed by atoms with E-state index in [0.717, 1.165) is 55.6 Å². The molecule has 0 aliphatic heterocycles. The lowest BCUT2D eigenvalue weighted by Gasteiger charge is -2.41. The molecule has 12 N–H and O–H groups in total. The van der Waals surface area contributed by atoms with E-state index in [0.29, 0.717) is 11.5 Å². The molecule has 8 aromatic carbocycles. The number of ether oxygens (including phenoxy) is 2. The maximum absolute atomic E-state index is 11.2. The summed E-state index contributed by atoms with van der Waals surface area (Å²) in [5, 5.41) is 65.3. The number of hydrogen-bond acceptors (Lipinski definition) is 14. The molecule has 556 valence electrons.